The molecule has 102 valence electrons. The minimum Gasteiger partial charge on any atom is -0.202 e. The Morgan fingerprint density at radius 1 is 0.722 bits per heavy atom. The van der Waals surface area contributed by atoms with E-state index in [-0.39, 0.29) is 21.6 Å². The number of hydrogen-bond acceptors (Lipinski definition) is 2. The Labute approximate surface area is 103 Å². The van der Waals surface area contributed by atoms with Gasteiger partial charge in [0.15, 0.2) is 23.3 Å². The topological polar surface area (TPSA) is 0 Å². The van der Waals surface area contributed by atoms with E-state index in [1.54, 1.807) is 0 Å². The molecule has 0 nitrogen and oxygen atoms in total. The second kappa shape index (κ2) is 5.55. The normalized spacial score (nSPS) is 12.0. The Hall–Kier alpha value is -0.640. The molecular weight excluding hydrogens is 312 g/mol. The van der Waals surface area contributed by atoms with Crippen LogP contribution in [-0.2, 0) is 0 Å². The second-order valence-corrected chi connectivity index (χ2v) is 5.17. The molecule has 0 aliphatic carbocycles. The van der Waals surface area contributed by atoms with Crippen LogP contribution in [-0.4, -0.2) is 11.9 Å². The molecule has 18 heavy (non-hydrogen) atoms. The molecule has 0 bridgehead atoms. The number of benzene rings is 1. The summed E-state index contributed by atoms with van der Waals surface area (Å²) in [5.41, 5.74) is 0. The lowest BCUT2D eigenvalue weighted by Crippen LogP contribution is -2.10. The Kier molecular flexibility index (Phi) is 4.76. The first kappa shape index (κ1) is 15.4. The van der Waals surface area contributed by atoms with Crippen molar-refractivity contribution in [1.82, 2.24) is 0 Å². The van der Waals surface area contributed by atoms with Gasteiger partial charge in [0.25, 0.3) is 0 Å². The van der Waals surface area contributed by atoms with E-state index in [9.17, 15) is 35.1 Å². The van der Waals surface area contributed by atoms with E-state index < -0.39 is 45.9 Å². The predicted octanol–water partition coefficient (Wildman–Crippen LogP) is 4.68. The number of rotatable bonds is 3. The Morgan fingerprint density at radius 2 is 1.11 bits per heavy atom. The summed E-state index contributed by atoms with van der Waals surface area (Å²) in [6, 6.07) is 0. The molecule has 0 saturated heterocycles. The first-order valence-corrected chi connectivity index (χ1v) is 6.34. The van der Waals surface area contributed by atoms with E-state index in [0.29, 0.717) is 0 Å². The molecule has 0 heterocycles. The summed E-state index contributed by atoms with van der Waals surface area (Å²) in [4.78, 5) is -1.35. The van der Waals surface area contributed by atoms with Crippen LogP contribution in [0.5, 0.6) is 0 Å². The van der Waals surface area contributed by atoms with Gasteiger partial charge in [-0.2, -0.15) is 13.2 Å². The van der Waals surface area contributed by atoms with Crippen molar-refractivity contribution in [2.24, 2.45) is 0 Å². The molecular formula is C8H2F8S2. The average Bonchev–Trinajstić information content (AvgIpc) is 2.27. The van der Waals surface area contributed by atoms with Crippen molar-refractivity contribution >= 4 is 21.6 Å². The van der Waals surface area contributed by atoms with Crippen LogP contribution < -0.4 is 0 Å². The van der Waals surface area contributed by atoms with E-state index in [1.165, 1.54) is 0 Å². The molecule has 0 saturated carbocycles. The van der Waals surface area contributed by atoms with E-state index in [0.717, 1.165) is 0 Å². The zero-order chi connectivity index (χ0) is 14.1. The maximum absolute atomic E-state index is 13.0. The van der Waals surface area contributed by atoms with Gasteiger partial charge in [-0.1, -0.05) is 21.6 Å². The molecule has 0 radical (unpaired) electrons. The quantitative estimate of drug-likeness (QED) is 0.344. The van der Waals surface area contributed by atoms with Crippen molar-refractivity contribution < 1.29 is 35.1 Å². The van der Waals surface area contributed by atoms with Gasteiger partial charge < -0.3 is 0 Å². The smallest absolute Gasteiger partial charge is 0.202 e. The van der Waals surface area contributed by atoms with Crippen molar-refractivity contribution in [2.75, 3.05) is 5.75 Å². The van der Waals surface area contributed by atoms with E-state index >= 15 is 0 Å². The van der Waals surface area contributed by atoms with Crippen LogP contribution in [0.1, 0.15) is 0 Å². The van der Waals surface area contributed by atoms with Crippen LogP contribution in [0.25, 0.3) is 0 Å². The molecule has 10 heteroatoms. The summed E-state index contributed by atoms with van der Waals surface area (Å²) in [7, 11) is -0.242. The Morgan fingerprint density at radius 3 is 1.50 bits per heavy atom. The van der Waals surface area contributed by atoms with Crippen molar-refractivity contribution in [3.63, 3.8) is 0 Å². The summed E-state index contributed by atoms with van der Waals surface area (Å²) in [5, 5.41) is 0. The molecule has 0 amide bonds. The predicted molar refractivity (Wildman–Crippen MR) is 50.6 cm³/mol. The summed E-state index contributed by atoms with van der Waals surface area (Å²) < 4.78 is 99.1. The highest BCUT2D eigenvalue weighted by Gasteiger charge is 2.30. The van der Waals surface area contributed by atoms with Crippen LogP contribution in [0.3, 0.4) is 0 Å². The third-order valence-electron chi connectivity index (χ3n) is 1.53. The van der Waals surface area contributed by atoms with Crippen LogP contribution in [0.15, 0.2) is 4.90 Å². The third-order valence-corrected chi connectivity index (χ3v) is 3.83. The van der Waals surface area contributed by atoms with Crippen molar-refractivity contribution in [3.05, 3.63) is 29.1 Å². The van der Waals surface area contributed by atoms with Crippen molar-refractivity contribution in [3.8, 4) is 0 Å². The van der Waals surface area contributed by atoms with Crippen molar-refractivity contribution in [1.29, 1.82) is 0 Å². The zero-order valence-corrected chi connectivity index (χ0v) is 9.68. The lowest BCUT2D eigenvalue weighted by Gasteiger charge is -2.08. The van der Waals surface area contributed by atoms with Gasteiger partial charge in [0, 0.05) is 0 Å². The Balaban J connectivity index is 2.96. The number of hydrogen-bond donors (Lipinski definition) is 0. The standard InChI is InChI=1S/C8H2F8S2/c9-2-3(10)5(12)7(6(13)4(2)11)18-17-1-8(14,15)16/h1H2. The molecule has 0 atom stereocenters. The fourth-order valence-electron chi connectivity index (χ4n) is 0.813. The maximum Gasteiger partial charge on any atom is 0.398 e. The highest BCUT2D eigenvalue weighted by molar-refractivity contribution is 8.76. The highest BCUT2D eigenvalue weighted by atomic mass is 33.1. The monoisotopic (exact) mass is 314 g/mol. The minimum absolute atomic E-state index is 0.0792. The van der Waals surface area contributed by atoms with Gasteiger partial charge in [-0.05, 0) is 0 Å². The summed E-state index contributed by atoms with van der Waals surface area (Å²) in [6.45, 7) is 0. The Bertz CT molecular complexity index is 426. The average molecular weight is 314 g/mol. The first-order chi connectivity index (χ1) is 8.15. The van der Waals surface area contributed by atoms with Crippen LogP contribution in [0, 0.1) is 29.1 Å². The molecule has 0 spiro atoms. The first-order valence-electron chi connectivity index (χ1n) is 4.02. The lowest BCUT2D eigenvalue weighted by molar-refractivity contribution is -0.104. The summed E-state index contributed by atoms with van der Waals surface area (Å²) in [5.74, 6) is -12.5. The fourth-order valence-corrected chi connectivity index (χ4v) is 2.82. The van der Waals surface area contributed by atoms with Gasteiger partial charge in [-0.25, -0.2) is 22.0 Å². The van der Waals surface area contributed by atoms with Crippen molar-refractivity contribution in [2.45, 2.75) is 11.1 Å². The molecule has 1 aromatic carbocycles. The van der Waals surface area contributed by atoms with Gasteiger partial charge in [0.05, 0.1) is 4.90 Å². The molecule has 1 aromatic rings. The molecule has 1 rings (SSSR count). The zero-order valence-electron chi connectivity index (χ0n) is 8.05. The molecule has 0 aliphatic heterocycles. The SMILES string of the molecule is Fc1c(F)c(F)c(SSCC(F)(F)F)c(F)c1F. The van der Waals surface area contributed by atoms with Crippen LogP contribution >= 0.6 is 21.6 Å². The minimum atomic E-state index is -4.61. The number of alkyl halides is 3. The number of halogens is 8. The van der Waals surface area contributed by atoms with Gasteiger partial charge in [0.2, 0.25) is 5.82 Å². The van der Waals surface area contributed by atoms with Crippen LogP contribution in [0.2, 0.25) is 0 Å². The van der Waals surface area contributed by atoms with Crippen LogP contribution in [0.4, 0.5) is 35.1 Å². The molecule has 0 aliphatic rings. The van der Waals surface area contributed by atoms with E-state index in [4.69, 9.17) is 0 Å². The second-order valence-electron chi connectivity index (χ2n) is 2.86. The van der Waals surface area contributed by atoms with E-state index in [2.05, 4.69) is 0 Å². The van der Waals surface area contributed by atoms with Gasteiger partial charge in [0.1, 0.15) is 5.75 Å². The summed E-state index contributed by atoms with van der Waals surface area (Å²) in [6.07, 6.45) is -4.61. The largest absolute Gasteiger partial charge is 0.398 e. The highest BCUT2D eigenvalue weighted by Crippen LogP contribution is 2.40. The van der Waals surface area contributed by atoms with Gasteiger partial charge in [-0.15, -0.1) is 0 Å². The molecule has 0 fully saturated rings. The lowest BCUT2D eigenvalue weighted by atomic mass is 10.3. The van der Waals surface area contributed by atoms with Gasteiger partial charge >= 0.3 is 6.18 Å². The fraction of sp³-hybridized carbons (Fsp3) is 0.250. The summed E-state index contributed by atoms with van der Waals surface area (Å²) >= 11 is 0. The molecule has 0 unspecified atom stereocenters. The molecule has 0 N–H and O–H groups in total. The van der Waals surface area contributed by atoms with E-state index in [1.807, 2.05) is 0 Å². The molecule has 0 aromatic heterocycles. The van der Waals surface area contributed by atoms with Gasteiger partial charge in [-0.3, -0.25) is 0 Å². The maximum atomic E-state index is 13.0. The third kappa shape index (κ3) is 3.44.